The average Bonchev–Trinajstić information content (AvgIpc) is 2.68. The summed E-state index contributed by atoms with van der Waals surface area (Å²) in [7, 11) is 1.65. The summed E-state index contributed by atoms with van der Waals surface area (Å²) in [5.74, 6) is 0.440. The molecule has 0 aliphatic rings. The Morgan fingerprint density at radius 2 is 1.80 bits per heavy atom. The smallest absolute Gasteiger partial charge is 0.338 e. The Kier molecular flexibility index (Phi) is 5.09. The van der Waals surface area contributed by atoms with Crippen molar-refractivity contribution in [1.29, 1.82) is 0 Å². The maximum absolute atomic E-state index is 11.8. The number of methoxy groups -OCH3 is 1. The van der Waals surface area contributed by atoms with Gasteiger partial charge >= 0.3 is 5.97 Å². The van der Waals surface area contributed by atoms with Gasteiger partial charge in [0.25, 0.3) is 0 Å². The molecule has 2 aromatic carbocycles. The topological polar surface area (TPSA) is 48.4 Å². The van der Waals surface area contributed by atoms with Crippen molar-refractivity contribution in [3.05, 3.63) is 72.4 Å². The second kappa shape index (κ2) is 7.62. The van der Waals surface area contributed by atoms with Crippen molar-refractivity contribution in [2.75, 3.05) is 13.7 Å². The number of aromatic nitrogens is 1. The van der Waals surface area contributed by atoms with Crippen LogP contribution < -0.4 is 4.74 Å². The van der Waals surface area contributed by atoms with Crippen molar-refractivity contribution in [3.8, 4) is 28.1 Å². The molecule has 1 aromatic heterocycles. The molecular formula is C21H19NO3. The highest BCUT2D eigenvalue weighted by molar-refractivity contribution is 5.91. The first kappa shape index (κ1) is 16.7. The monoisotopic (exact) mass is 333 g/mol. The van der Waals surface area contributed by atoms with Gasteiger partial charge in [-0.25, -0.2) is 4.79 Å². The molecule has 0 aliphatic heterocycles. The van der Waals surface area contributed by atoms with E-state index in [4.69, 9.17) is 9.47 Å². The summed E-state index contributed by atoms with van der Waals surface area (Å²) < 4.78 is 10.6. The second-order valence-electron chi connectivity index (χ2n) is 5.40. The van der Waals surface area contributed by atoms with Crippen molar-refractivity contribution >= 4 is 5.97 Å². The van der Waals surface area contributed by atoms with E-state index in [1.165, 1.54) is 0 Å². The zero-order valence-corrected chi connectivity index (χ0v) is 14.2. The molecule has 1 heterocycles. The molecule has 4 nitrogen and oxygen atoms in total. The summed E-state index contributed by atoms with van der Waals surface area (Å²) in [6, 6.07) is 19.0. The number of carbonyl (C=O) groups is 1. The Morgan fingerprint density at radius 3 is 2.44 bits per heavy atom. The minimum absolute atomic E-state index is 0.315. The molecule has 0 saturated carbocycles. The number of carbonyl (C=O) groups excluding carboxylic acids is 1. The fourth-order valence-corrected chi connectivity index (χ4v) is 2.72. The highest BCUT2D eigenvalue weighted by Gasteiger charge is 2.14. The number of benzene rings is 2. The van der Waals surface area contributed by atoms with Crippen LogP contribution in [0.1, 0.15) is 17.3 Å². The molecular weight excluding hydrogens is 314 g/mol. The third kappa shape index (κ3) is 3.53. The van der Waals surface area contributed by atoms with Gasteiger partial charge in [-0.2, -0.15) is 0 Å². The van der Waals surface area contributed by atoms with Crippen LogP contribution in [0.25, 0.3) is 22.4 Å². The van der Waals surface area contributed by atoms with Gasteiger partial charge in [0, 0.05) is 6.20 Å². The lowest BCUT2D eigenvalue weighted by atomic mass is 9.95. The van der Waals surface area contributed by atoms with E-state index in [0.29, 0.717) is 12.2 Å². The van der Waals surface area contributed by atoms with Crippen LogP contribution >= 0.6 is 0 Å². The van der Waals surface area contributed by atoms with E-state index >= 15 is 0 Å². The van der Waals surface area contributed by atoms with Crippen molar-refractivity contribution in [3.63, 3.8) is 0 Å². The first-order valence-corrected chi connectivity index (χ1v) is 8.10. The summed E-state index contributed by atoms with van der Waals surface area (Å²) in [4.78, 5) is 16.3. The molecule has 25 heavy (non-hydrogen) atoms. The Bertz CT molecular complexity index is 858. The maximum atomic E-state index is 11.8. The Balaban J connectivity index is 2.07. The predicted octanol–water partition coefficient (Wildman–Crippen LogP) is 4.60. The van der Waals surface area contributed by atoms with Gasteiger partial charge in [-0.05, 0) is 48.4 Å². The van der Waals surface area contributed by atoms with Gasteiger partial charge in [0.05, 0.1) is 30.5 Å². The van der Waals surface area contributed by atoms with E-state index in [2.05, 4.69) is 4.98 Å². The quantitative estimate of drug-likeness (QED) is 0.640. The normalized spacial score (nSPS) is 10.3. The van der Waals surface area contributed by atoms with Gasteiger partial charge in [0.15, 0.2) is 0 Å². The third-order valence-electron chi connectivity index (χ3n) is 3.87. The van der Waals surface area contributed by atoms with Crippen molar-refractivity contribution in [2.45, 2.75) is 6.92 Å². The third-order valence-corrected chi connectivity index (χ3v) is 3.87. The van der Waals surface area contributed by atoms with E-state index in [-0.39, 0.29) is 5.97 Å². The average molecular weight is 333 g/mol. The summed E-state index contributed by atoms with van der Waals surface area (Å²) in [5.41, 5.74) is 4.27. The molecule has 0 aliphatic carbocycles. The number of ether oxygens (including phenoxy) is 2. The Morgan fingerprint density at radius 1 is 1.00 bits per heavy atom. The van der Waals surface area contributed by atoms with Crippen molar-refractivity contribution in [2.24, 2.45) is 0 Å². The number of rotatable bonds is 5. The molecule has 0 fully saturated rings. The molecule has 3 rings (SSSR count). The molecule has 4 heteroatoms. The van der Waals surface area contributed by atoms with Gasteiger partial charge in [-0.1, -0.05) is 30.3 Å². The second-order valence-corrected chi connectivity index (χ2v) is 5.40. The summed E-state index contributed by atoms with van der Waals surface area (Å²) in [6.45, 7) is 2.15. The Hall–Kier alpha value is -3.14. The van der Waals surface area contributed by atoms with Crippen LogP contribution in [0.4, 0.5) is 0 Å². The van der Waals surface area contributed by atoms with Crippen LogP contribution in [0.15, 0.2) is 66.9 Å². The Labute approximate surface area is 147 Å². The fraction of sp³-hybridized carbons (Fsp3) is 0.143. The molecule has 0 spiro atoms. The van der Waals surface area contributed by atoms with E-state index in [1.54, 1.807) is 32.4 Å². The minimum atomic E-state index is -0.315. The first-order valence-electron chi connectivity index (χ1n) is 8.10. The lowest BCUT2D eigenvalue weighted by Gasteiger charge is -2.14. The fourth-order valence-electron chi connectivity index (χ4n) is 2.72. The number of nitrogens with zero attached hydrogens (tertiary/aromatic N) is 1. The van der Waals surface area contributed by atoms with Gasteiger partial charge in [0.1, 0.15) is 5.75 Å². The summed E-state index contributed by atoms with van der Waals surface area (Å²) in [6.07, 6.45) is 1.76. The highest BCUT2D eigenvalue weighted by atomic mass is 16.5. The van der Waals surface area contributed by atoms with Crippen molar-refractivity contribution < 1.29 is 14.3 Å². The lowest BCUT2D eigenvalue weighted by molar-refractivity contribution is 0.0526. The van der Waals surface area contributed by atoms with E-state index in [0.717, 1.165) is 28.1 Å². The van der Waals surface area contributed by atoms with Crippen LogP contribution in [-0.2, 0) is 4.74 Å². The van der Waals surface area contributed by atoms with Crippen LogP contribution in [0.2, 0.25) is 0 Å². The zero-order valence-electron chi connectivity index (χ0n) is 14.2. The molecule has 126 valence electrons. The molecule has 3 aromatic rings. The lowest BCUT2D eigenvalue weighted by Crippen LogP contribution is -2.04. The van der Waals surface area contributed by atoms with Crippen LogP contribution in [-0.4, -0.2) is 24.7 Å². The number of pyridine rings is 1. The summed E-state index contributed by atoms with van der Waals surface area (Å²) in [5, 5.41) is 0. The van der Waals surface area contributed by atoms with Gasteiger partial charge in [-0.15, -0.1) is 0 Å². The molecule has 0 unspecified atom stereocenters. The van der Waals surface area contributed by atoms with Crippen molar-refractivity contribution in [1.82, 2.24) is 4.98 Å². The first-order chi connectivity index (χ1) is 12.2. The van der Waals surface area contributed by atoms with Crippen LogP contribution in [0.3, 0.4) is 0 Å². The van der Waals surface area contributed by atoms with Gasteiger partial charge in [-0.3, -0.25) is 4.98 Å². The molecule has 0 bridgehead atoms. The molecule has 0 saturated heterocycles. The summed E-state index contributed by atoms with van der Waals surface area (Å²) >= 11 is 0. The number of hydrogen-bond acceptors (Lipinski definition) is 4. The molecule has 0 atom stereocenters. The number of esters is 1. The van der Waals surface area contributed by atoms with E-state index in [1.807, 2.05) is 48.5 Å². The zero-order chi connectivity index (χ0) is 17.6. The maximum Gasteiger partial charge on any atom is 0.338 e. The largest absolute Gasteiger partial charge is 0.496 e. The SMILES string of the molecule is CCOC(=O)c1ccc(-c2cccc(OC)c2-c2ccccn2)cc1. The van der Waals surface area contributed by atoms with E-state index < -0.39 is 0 Å². The predicted molar refractivity (Wildman–Crippen MR) is 97.6 cm³/mol. The van der Waals surface area contributed by atoms with Gasteiger partial charge in [0.2, 0.25) is 0 Å². The van der Waals surface area contributed by atoms with Gasteiger partial charge < -0.3 is 9.47 Å². The molecule has 0 radical (unpaired) electrons. The highest BCUT2D eigenvalue weighted by Crippen LogP contribution is 2.38. The molecule has 0 amide bonds. The van der Waals surface area contributed by atoms with E-state index in [9.17, 15) is 4.79 Å². The number of hydrogen-bond donors (Lipinski definition) is 0. The molecule has 0 N–H and O–H groups in total. The van der Waals surface area contributed by atoms with Crippen LogP contribution in [0.5, 0.6) is 5.75 Å². The standard InChI is InChI=1S/C21H19NO3/c1-3-25-21(23)16-12-10-15(11-13-16)17-7-6-9-19(24-2)20(17)18-8-4-5-14-22-18/h4-14H,3H2,1-2H3. The minimum Gasteiger partial charge on any atom is -0.496 e. The van der Waals surface area contributed by atoms with Crippen LogP contribution in [0, 0.1) is 0 Å².